The molecule has 84 valence electrons. The van der Waals surface area contributed by atoms with Gasteiger partial charge in [-0.25, -0.2) is 0 Å². The predicted molar refractivity (Wildman–Crippen MR) is 68.7 cm³/mol. The molecule has 1 heterocycles. The second-order valence-electron chi connectivity index (χ2n) is 3.97. The summed E-state index contributed by atoms with van der Waals surface area (Å²) in [6.07, 6.45) is -0.0765. The fraction of sp³-hybridized carbons (Fsp3) is 0.364. The fourth-order valence-corrected chi connectivity index (χ4v) is 1.76. The van der Waals surface area contributed by atoms with Gasteiger partial charge in [-0.15, -0.1) is 5.11 Å². The Kier molecular flexibility index (Phi) is 2.87. The lowest BCUT2D eigenvalue weighted by Crippen LogP contribution is -2.22. The normalized spacial score (nSPS) is 19.3. The molecule has 1 aromatic carbocycles. The Morgan fingerprint density at radius 3 is 2.69 bits per heavy atom. The molecular formula is C11H14N4S. The third-order valence-electron chi connectivity index (χ3n) is 2.61. The zero-order chi connectivity index (χ0) is 11.7. The van der Waals surface area contributed by atoms with E-state index in [1.165, 1.54) is 0 Å². The van der Waals surface area contributed by atoms with Gasteiger partial charge in [0, 0.05) is 32.4 Å². The van der Waals surface area contributed by atoms with Crippen molar-refractivity contribution in [3.63, 3.8) is 0 Å². The van der Waals surface area contributed by atoms with E-state index in [2.05, 4.69) is 27.3 Å². The number of benzene rings is 1. The summed E-state index contributed by atoms with van der Waals surface area (Å²) in [5.41, 5.74) is 2.26. The van der Waals surface area contributed by atoms with Crippen molar-refractivity contribution in [2.24, 2.45) is 10.2 Å². The minimum atomic E-state index is -0.0765. The minimum Gasteiger partial charge on any atom is -0.378 e. The van der Waals surface area contributed by atoms with Crippen molar-refractivity contribution in [3.05, 3.63) is 29.8 Å². The highest BCUT2D eigenvalue weighted by Crippen LogP contribution is 2.28. The second-order valence-corrected chi connectivity index (χ2v) is 4.34. The summed E-state index contributed by atoms with van der Waals surface area (Å²) < 4.78 is 0. The molecule has 0 amide bonds. The number of rotatable bonds is 2. The van der Waals surface area contributed by atoms with E-state index >= 15 is 0 Å². The SMILES string of the molecule is CN(C)c1cccc(C2N=NC(=S)N2C)c1. The zero-order valence-corrected chi connectivity index (χ0v) is 10.4. The fourth-order valence-electron chi connectivity index (χ4n) is 1.61. The highest BCUT2D eigenvalue weighted by Gasteiger charge is 2.24. The monoisotopic (exact) mass is 234 g/mol. The van der Waals surface area contributed by atoms with Gasteiger partial charge >= 0.3 is 0 Å². The first-order valence-corrected chi connectivity index (χ1v) is 5.45. The van der Waals surface area contributed by atoms with Gasteiger partial charge in [0.1, 0.15) is 0 Å². The van der Waals surface area contributed by atoms with E-state index < -0.39 is 0 Å². The van der Waals surface area contributed by atoms with E-state index in [0.29, 0.717) is 5.11 Å². The van der Waals surface area contributed by atoms with Crippen LogP contribution < -0.4 is 4.90 Å². The van der Waals surface area contributed by atoms with Crippen LogP contribution >= 0.6 is 12.2 Å². The molecule has 0 N–H and O–H groups in total. The third-order valence-corrected chi connectivity index (χ3v) is 2.98. The molecule has 1 aliphatic rings. The highest BCUT2D eigenvalue weighted by molar-refractivity contribution is 7.80. The molecule has 0 saturated carbocycles. The van der Waals surface area contributed by atoms with Crippen molar-refractivity contribution in [1.82, 2.24) is 4.90 Å². The van der Waals surface area contributed by atoms with Crippen LogP contribution in [0.3, 0.4) is 0 Å². The molecular weight excluding hydrogens is 220 g/mol. The van der Waals surface area contributed by atoms with E-state index in [0.717, 1.165) is 11.3 Å². The van der Waals surface area contributed by atoms with Crippen molar-refractivity contribution in [3.8, 4) is 0 Å². The van der Waals surface area contributed by atoms with E-state index in [4.69, 9.17) is 12.2 Å². The average molecular weight is 234 g/mol. The van der Waals surface area contributed by atoms with Gasteiger partial charge in [0.05, 0.1) is 0 Å². The molecule has 0 aromatic heterocycles. The maximum absolute atomic E-state index is 5.06. The lowest BCUT2D eigenvalue weighted by atomic mass is 10.1. The minimum absolute atomic E-state index is 0.0765. The van der Waals surface area contributed by atoms with Gasteiger partial charge in [0.2, 0.25) is 5.11 Å². The summed E-state index contributed by atoms with van der Waals surface area (Å²) >= 11 is 5.06. The number of nitrogens with zero attached hydrogens (tertiary/aromatic N) is 4. The van der Waals surface area contributed by atoms with E-state index in [1.807, 2.05) is 38.2 Å². The summed E-state index contributed by atoms with van der Waals surface area (Å²) in [5, 5.41) is 8.62. The van der Waals surface area contributed by atoms with Crippen LogP contribution in [0.4, 0.5) is 5.69 Å². The van der Waals surface area contributed by atoms with Gasteiger partial charge in [-0.05, 0) is 24.4 Å². The van der Waals surface area contributed by atoms with E-state index in [9.17, 15) is 0 Å². The summed E-state index contributed by atoms with van der Waals surface area (Å²) in [6, 6.07) is 8.23. The van der Waals surface area contributed by atoms with Crippen LogP contribution in [0.2, 0.25) is 0 Å². The molecule has 0 fully saturated rings. The Balaban J connectivity index is 2.31. The lowest BCUT2D eigenvalue weighted by molar-refractivity contribution is 0.414. The first kappa shape index (κ1) is 11.0. The van der Waals surface area contributed by atoms with E-state index in [-0.39, 0.29) is 6.17 Å². The Labute approximate surface area is 101 Å². The van der Waals surface area contributed by atoms with Crippen molar-refractivity contribution in [2.45, 2.75) is 6.17 Å². The van der Waals surface area contributed by atoms with Gasteiger partial charge in [0.15, 0.2) is 6.17 Å². The largest absolute Gasteiger partial charge is 0.378 e. The Bertz CT molecular complexity index is 441. The summed E-state index contributed by atoms with van der Waals surface area (Å²) in [7, 11) is 5.95. The highest BCUT2D eigenvalue weighted by atomic mass is 32.1. The van der Waals surface area contributed by atoms with Crippen molar-refractivity contribution in [2.75, 3.05) is 26.0 Å². The second kappa shape index (κ2) is 4.17. The smallest absolute Gasteiger partial charge is 0.217 e. The molecule has 2 rings (SSSR count). The molecule has 1 unspecified atom stereocenters. The van der Waals surface area contributed by atoms with Crippen LogP contribution in [0.5, 0.6) is 0 Å². The quantitative estimate of drug-likeness (QED) is 0.736. The molecule has 1 atom stereocenters. The molecule has 1 aromatic rings. The average Bonchev–Trinajstić information content (AvgIpc) is 2.60. The molecule has 16 heavy (non-hydrogen) atoms. The molecule has 5 heteroatoms. The molecule has 0 radical (unpaired) electrons. The van der Waals surface area contributed by atoms with Crippen molar-refractivity contribution >= 4 is 23.0 Å². The molecule has 1 aliphatic heterocycles. The van der Waals surface area contributed by atoms with Gasteiger partial charge in [-0.1, -0.05) is 12.1 Å². The Morgan fingerprint density at radius 1 is 1.38 bits per heavy atom. The van der Waals surface area contributed by atoms with Gasteiger partial charge < -0.3 is 9.80 Å². The van der Waals surface area contributed by atoms with Gasteiger partial charge in [-0.2, -0.15) is 5.11 Å². The Hall–Kier alpha value is -1.49. The maximum atomic E-state index is 5.06. The van der Waals surface area contributed by atoms with Gasteiger partial charge in [-0.3, -0.25) is 0 Å². The van der Waals surface area contributed by atoms with Crippen LogP contribution in [0.15, 0.2) is 34.5 Å². The van der Waals surface area contributed by atoms with Crippen LogP contribution in [0.25, 0.3) is 0 Å². The molecule has 0 aliphatic carbocycles. The molecule has 0 saturated heterocycles. The summed E-state index contributed by atoms with van der Waals surface area (Å²) in [4.78, 5) is 3.96. The number of hydrogen-bond donors (Lipinski definition) is 0. The summed E-state index contributed by atoms with van der Waals surface area (Å²) in [6.45, 7) is 0. The Morgan fingerprint density at radius 2 is 2.12 bits per heavy atom. The van der Waals surface area contributed by atoms with Gasteiger partial charge in [0.25, 0.3) is 0 Å². The third kappa shape index (κ3) is 1.90. The lowest BCUT2D eigenvalue weighted by Gasteiger charge is -2.20. The first-order chi connectivity index (χ1) is 7.59. The predicted octanol–water partition coefficient (Wildman–Crippen LogP) is 2.43. The first-order valence-electron chi connectivity index (χ1n) is 5.04. The number of thiocarbonyl (C=S) groups is 1. The molecule has 0 spiro atoms. The van der Waals surface area contributed by atoms with Crippen LogP contribution in [0, 0.1) is 0 Å². The van der Waals surface area contributed by atoms with Crippen LogP contribution in [0.1, 0.15) is 11.7 Å². The maximum Gasteiger partial charge on any atom is 0.217 e. The number of azo groups is 1. The van der Waals surface area contributed by atoms with Crippen molar-refractivity contribution in [1.29, 1.82) is 0 Å². The van der Waals surface area contributed by atoms with Crippen LogP contribution in [-0.2, 0) is 0 Å². The standard InChI is InChI=1S/C11H14N4S/c1-14(2)9-6-4-5-8(7-9)10-12-13-11(16)15(10)3/h4-7,10H,1-3H3. The van der Waals surface area contributed by atoms with Crippen LogP contribution in [-0.4, -0.2) is 31.2 Å². The number of hydrogen-bond acceptors (Lipinski definition) is 3. The number of anilines is 1. The topological polar surface area (TPSA) is 31.2 Å². The van der Waals surface area contributed by atoms with Crippen molar-refractivity contribution < 1.29 is 0 Å². The summed E-state index contributed by atoms with van der Waals surface area (Å²) in [5.74, 6) is 0. The molecule has 0 bridgehead atoms. The van der Waals surface area contributed by atoms with E-state index in [1.54, 1.807) is 0 Å². The zero-order valence-electron chi connectivity index (χ0n) is 9.58. The molecule has 4 nitrogen and oxygen atoms in total.